The van der Waals surface area contributed by atoms with Crippen LogP contribution in [0.5, 0.6) is 0 Å². The normalized spacial score (nSPS) is 10.8. The van der Waals surface area contributed by atoms with Crippen LogP contribution >= 0.6 is 0 Å². The van der Waals surface area contributed by atoms with Gasteiger partial charge in [-0.15, -0.1) is 0 Å². The predicted molar refractivity (Wildman–Crippen MR) is 104 cm³/mol. The van der Waals surface area contributed by atoms with Gasteiger partial charge >= 0.3 is 0 Å². The van der Waals surface area contributed by atoms with Crippen LogP contribution < -0.4 is 9.72 Å². The third-order valence-corrected chi connectivity index (χ3v) is 4.63. The van der Waals surface area contributed by atoms with E-state index in [4.69, 9.17) is 12.6 Å². The average molecular weight is 359 g/mol. The maximum Gasteiger partial charge on any atom is 0.298 e. The van der Waals surface area contributed by atoms with E-state index >= 15 is 0 Å². The third-order valence-electron chi connectivity index (χ3n) is 4.25. The Morgan fingerprint density at radius 3 is 2.38 bits per heavy atom. The molecule has 0 bridgehead atoms. The number of hydrogen-bond acceptors (Lipinski definition) is 2. The lowest BCUT2D eigenvalue weighted by atomic mass is 10.2. The highest BCUT2D eigenvalue weighted by Crippen LogP contribution is 2.19. The highest BCUT2D eigenvalue weighted by molar-refractivity contribution is 7.58. The Bertz CT molecular complexity index is 1090. The standard InChI is InChI=1S/C21H17N3OS/c1-15-10-12-16(13-11-15)22-20(25)19-21(26)24(17-7-3-2-4-8-17)18-9-5-6-14-23(18)19/h2-14H,1H3,(H-,22,25,26). The van der Waals surface area contributed by atoms with Crippen molar-refractivity contribution in [2.24, 2.45) is 0 Å². The summed E-state index contributed by atoms with van der Waals surface area (Å²) < 4.78 is 3.75. The molecule has 2 aromatic carbocycles. The number of benzene rings is 2. The lowest BCUT2D eigenvalue weighted by Crippen LogP contribution is -2.30. The first-order chi connectivity index (χ1) is 12.6. The molecule has 0 saturated heterocycles. The van der Waals surface area contributed by atoms with Gasteiger partial charge in [0.2, 0.25) is 5.69 Å². The van der Waals surface area contributed by atoms with E-state index in [-0.39, 0.29) is 5.91 Å². The third kappa shape index (κ3) is 2.82. The lowest BCUT2D eigenvalue weighted by Gasteiger charge is -2.08. The minimum absolute atomic E-state index is 0.227. The molecule has 1 amide bonds. The second kappa shape index (κ2) is 6.61. The number of rotatable bonds is 3. The van der Waals surface area contributed by atoms with Gasteiger partial charge in [-0.1, -0.05) is 42.0 Å². The molecule has 0 aliphatic heterocycles. The molecule has 4 aromatic rings. The van der Waals surface area contributed by atoms with Crippen molar-refractivity contribution in [1.29, 1.82) is 0 Å². The molecule has 0 spiro atoms. The summed E-state index contributed by atoms with van der Waals surface area (Å²) in [5, 5.41) is 3.42. The lowest BCUT2D eigenvalue weighted by molar-refractivity contribution is -0.514. The van der Waals surface area contributed by atoms with Gasteiger partial charge in [-0.2, -0.15) is 4.40 Å². The molecule has 128 valence electrons. The summed E-state index contributed by atoms with van der Waals surface area (Å²) in [6.45, 7) is 2.01. The SMILES string of the molecule is Cc1ccc(NC(=O)c2c([S-])n(-c3ccccc3)c3cccc[n+]23)cc1. The molecular weight excluding hydrogens is 342 g/mol. The molecule has 0 atom stereocenters. The molecule has 0 aliphatic carbocycles. The number of fused-ring (bicyclic) bond motifs is 1. The first-order valence-electron chi connectivity index (χ1n) is 8.31. The maximum atomic E-state index is 13.0. The number of amides is 1. The number of para-hydroxylation sites is 1. The van der Waals surface area contributed by atoms with Crippen molar-refractivity contribution in [2.45, 2.75) is 11.9 Å². The fraction of sp³-hybridized carbons (Fsp3) is 0.0476. The molecule has 0 unspecified atom stereocenters. The van der Waals surface area contributed by atoms with Gasteiger partial charge in [0.15, 0.2) is 0 Å². The summed E-state index contributed by atoms with van der Waals surface area (Å²) in [4.78, 5) is 13.0. The van der Waals surface area contributed by atoms with Gasteiger partial charge in [0.1, 0.15) is 5.69 Å². The molecule has 4 rings (SSSR count). The van der Waals surface area contributed by atoms with Gasteiger partial charge in [0, 0.05) is 16.8 Å². The number of aryl methyl sites for hydroxylation is 1. The second-order valence-corrected chi connectivity index (χ2v) is 6.46. The zero-order valence-corrected chi connectivity index (χ0v) is 15.0. The summed E-state index contributed by atoms with van der Waals surface area (Å²) in [5.74, 6) is -0.227. The van der Waals surface area contributed by atoms with Crippen LogP contribution in [0.2, 0.25) is 0 Å². The number of imidazole rings is 1. The van der Waals surface area contributed by atoms with Crippen LogP contribution in [0.4, 0.5) is 5.69 Å². The number of hydrogen-bond donors (Lipinski definition) is 1. The number of nitrogens with one attached hydrogen (secondary N) is 1. The monoisotopic (exact) mass is 359 g/mol. The zero-order valence-electron chi connectivity index (χ0n) is 14.2. The summed E-state index contributed by atoms with van der Waals surface area (Å²) in [7, 11) is 0. The molecular formula is C21H17N3OS. The first kappa shape index (κ1) is 16.3. The van der Waals surface area contributed by atoms with Gasteiger partial charge in [0.05, 0.1) is 6.20 Å². The predicted octanol–water partition coefficient (Wildman–Crippen LogP) is 3.68. The molecule has 0 saturated carbocycles. The highest BCUT2D eigenvalue weighted by atomic mass is 32.1. The molecule has 2 aromatic heterocycles. The Labute approximate surface area is 157 Å². The van der Waals surface area contributed by atoms with Crippen molar-refractivity contribution in [2.75, 3.05) is 5.32 Å². The molecule has 0 radical (unpaired) electrons. The average Bonchev–Trinajstić information content (AvgIpc) is 2.96. The van der Waals surface area contributed by atoms with Crippen LogP contribution in [0.3, 0.4) is 0 Å². The van der Waals surface area contributed by atoms with Gasteiger partial charge in [-0.25, -0.2) is 4.57 Å². The Hall–Kier alpha value is -3.18. The smallest absolute Gasteiger partial charge is 0.298 e. The minimum atomic E-state index is -0.227. The molecule has 4 nitrogen and oxygen atoms in total. The van der Waals surface area contributed by atoms with Gasteiger partial charge in [-0.3, -0.25) is 4.79 Å². The topological polar surface area (TPSA) is 38.1 Å². The number of carbonyl (C=O) groups excluding carboxylic acids is 1. The van der Waals surface area contributed by atoms with Crippen molar-refractivity contribution in [3.63, 3.8) is 0 Å². The molecule has 1 N–H and O–H groups in total. The van der Waals surface area contributed by atoms with Crippen LogP contribution in [0, 0.1) is 6.92 Å². The van der Waals surface area contributed by atoms with Crippen molar-refractivity contribution >= 4 is 29.9 Å². The Kier molecular flexibility index (Phi) is 4.14. The van der Waals surface area contributed by atoms with E-state index in [1.54, 1.807) is 0 Å². The number of anilines is 1. The Balaban J connectivity index is 1.84. The number of nitrogens with zero attached hydrogens (tertiary/aromatic N) is 2. The van der Waals surface area contributed by atoms with Crippen LogP contribution in [0.1, 0.15) is 16.1 Å². The number of pyridine rings is 1. The zero-order chi connectivity index (χ0) is 18.1. The van der Waals surface area contributed by atoms with E-state index in [2.05, 4.69) is 5.32 Å². The Morgan fingerprint density at radius 2 is 1.65 bits per heavy atom. The second-order valence-electron chi connectivity index (χ2n) is 6.07. The van der Waals surface area contributed by atoms with Crippen LogP contribution in [-0.4, -0.2) is 10.5 Å². The van der Waals surface area contributed by atoms with E-state index < -0.39 is 0 Å². The van der Waals surface area contributed by atoms with Crippen LogP contribution in [0.25, 0.3) is 11.3 Å². The maximum absolute atomic E-state index is 13.0. The quantitative estimate of drug-likeness (QED) is 0.448. The van der Waals surface area contributed by atoms with Gasteiger partial charge in [-0.05, 0) is 37.3 Å². The summed E-state index contributed by atoms with van der Waals surface area (Å²) in [5.41, 5.74) is 4.10. The highest BCUT2D eigenvalue weighted by Gasteiger charge is 2.24. The molecule has 2 heterocycles. The summed E-state index contributed by atoms with van der Waals surface area (Å²) in [6.07, 6.45) is 1.86. The Morgan fingerprint density at radius 1 is 0.962 bits per heavy atom. The number of aromatic nitrogens is 2. The molecule has 0 aliphatic rings. The fourth-order valence-corrected chi connectivity index (χ4v) is 3.37. The number of carbonyl (C=O) groups is 1. The molecule has 0 fully saturated rings. The minimum Gasteiger partial charge on any atom is -0.732 e. The van der Waals surface area contributed by atoms with E-state index in [0.717, 1.165) is 22.6 Å². The van der Waals surface area contributed by atoms with E-state index in [9.17, 15) is 4.79 Å². The summed E-state index contributed by atoms with van der Waals surface area (Å²) >= 11 is 5.67. The van der Waals surface area contributed by atoms with Crippen molar-refractivity contribution in [3.8, 4) is 5.69 Å². The van der Waals surface area contributed by atoms with Crippen LogP contribution in [0.15, 0.2) is 84.0 Å². The van der Waals surface area contributed by atoms with E-state index in [0.29, 0.717) is 10.7 Å². The van der Waals surface area contributed by atoms with E-state index in [1.807, 2.05) is 94.9 Å². The summed E-state index contributed by atoms with van der Waals surface area (Å²) in [6, 6.07) is 23.3. The van der Waals surface area contributed by atoms with Gasteiger partial charge in [0.25, 0.3) is 11.6 Å². The van der Waals surface area contributed by atoms with Crippen molar-refractivity contribution in [1.82, 2.24) is 4.57 Å². The van der Waals surface area contributed by atoms with E-state index in [1.165, 1.54) is 0 Å². The van der Waals surface area contributed by atoms with Crippen LogP contribution in [-0.2, 0) is 12.6 Å². The van der Waals surface area contributed by atoms with Crippen molar-refractivity contribution < 1.29 is 9.20 Å². The first-order valence-corrected chi connectivity index (χ1v) is 8.71. The fourth-order valence-electron chi connectivity index (χ4n) is 2.98. The molecule has 26 heavy (non-hydrogen) atoms. The van der Waals surface area contributed by atoms with Crippen molar-refractivity contribution in [3.05, 3.63) is 90.3 Å². The van der Waals surface area contributed by atoms with Gasteiger partial charge < -0.3 is 17.9 Å². The molecule has 5 heteroatoms. The largest absolute Gasteiger partial charge is 0.732 e.